The molecule has 0 fully saturated rings. The number of aliphatic carboxylic acids is 1. The van der Waals surface area contributed by atoms with Gasteiger partial charge in [-0.05, 0) is 18.4 Å². The van der Waals surface area contributed by atoms with E-state index in [4.69, 9.17) is 5.11 Å². The minimum Gasteiger partial charge on any atom is -0.481 e. The van der Waals surface area contributed by atoms with Gasteiger partial charge in [0.1, 0.15) is 0 Å². The number of urea groups is 1. The molecule has 2 N–H and O–H groups in total. The first-order valence-corrected chi connectivity index (χ1v) is 6.13. The van der Waals surface area contributed by atoms with Crippen LogP contribution in [0.3, 0.4) is 0 Å². The standard InChI is InChI=1S/C11H16N2O3S/c1-8(6-10(14)15)12-11(16)13(2)7-9-4-3-5-17-9/h3-5,8H,6-7H2,1-2H3,(H,12,16)(H,14,15). The van der Waals surface area contributed by atoms with Gasteiger partial charge in [-0.15, -0.1) is 11.3 Å². The van der Waals surface area contributed by atoms with Gasteiger partial charge in [-0.25, -0.2) is 4.79 Å². The van der Waals surface area contributed by atoms with Crippen LogP contribution in [0.1, 0.15) is 18.2 Å². The Bertz CT molecular complexity index is 378. The van der Waals surface area contributed by atoms with Gasteiger partial charge >= 0.3 is 12.0 Å². The molecule has 1 atom stereocenters. The van der Waals surface area contributed by atoms with Crippen molar-refractivity contribution in [2.45, 2.75) is 25.9 Å². The molecule has 1 rings (SSSR count). The van der Waals surface area contributed by atoms with Gasteiger partial charge in [0.15, 0.2) is 0 Å². The second kappa shape index (κ2) is 6.24. The van der Waals surface area contributed by atoms with Crippen LogP contribution in [-0.2, 0) is 11.3 Å². The fourth-order valence-electron chi connectivity index (χ4n) is 1.34. The molecule has 2 amide bonds. The average molecular weight is 256 g/mol. The summed E-state index contributed by atoms with van der Waals surface area (Å²) in [6, 6.07) is 3.26. The quantitative estimate of drug-likeness (QED) is 0.843. The summed E-state index contributed by atoms with van der Waals surface area (Å²) < 4.78 is 0. The van der Waals surface area contributed by atoms with Gasteiger partial charge in [0, 0.05) is 18.0 Å². The van der Waals surface area contributed by atoms with Crippen LogP contribution < -0.4 is 5.32 Å². The van der Waals surface area contributed by atoms with Crippen molar-refractivity contribution >= 4 is 23.3 Å². The Morgan fingerprint density at radius 3 is 2.82 bits per heavy atom. The molecule has 6 heteroatoms. The van der Waals surface area contributed by atoms with E-state index in [1.54, 1.807) is 25.3 Å². The van der Waals surface area contributed by atoms with Gasteiger partial charge in [-0.2, -0.15) is 0 Å². The van der Waals surface area contributed by atoms with E-state index in [9.17, 15) is 9.59 Å². The zero-order valence-electron chi connectivity index (χ0n) is 9.84. The first kappa shape index (κ1) is 13.5. The molecular weight excluding hydrogens is 240 g/mol. The number of hydrogen-bond donors (Lipinski definition) is 2. The largest absolute Gasteiger partial charge is 0.481 e. The minimum absolute atomic E-state index is 0.0709. The monoisotopic (exact) mass is 256 g/mol. The minimum atomic E-state index is -0.918. The Kier molecular flexibility index (Phi) is 4.96. The molecule has 17 heavy (non-hydrogen) atoms. The Hall–Kier alpha value is -1.56. The van der Waals surface area contributed by atoms with E-state index in [0.29, 0.717) is 6.54 Å². The summed E-state index contributed by atoms with van der Waals surface area (Å²) in [5.74, 6) is -0.918. The number of nitrogens with zero attached hydrogens (tertiary/aromatic N) is 1. The molecule has 0 aromatic carbocycles. The third-order valence-corrected chi connectivity index (χ3v) is 3.03. The second-order valence-corrected chi connectivity index (χ2v) is 4.92. The zero-order valence-corrected chi connectivity index (χ0v) is 10.7. The van der Waals surface area contributed by atoms with E-state index >= 15 is 0 Å². The lowest BCUT2D eigenvalue weighted by Crippen LogP contribution is -2.42. The van der Waals surface area contributed by atoms with Crippen molar-refractivity contribution in [1.82, 2.24) is 10.2 Å². The maximum absolute atomic E-state index is 11.7. The van der Waals surface area contributed by atoms with Crippen LogP contribution in [0.5, 0.6) is 0 Å². The molecular formula is C11H16N2O3S. The molecule has 0 aliphatic rings. The predicted molar refractivity (Wildman–Crippen MR) is 66.0 cm³/mol. The highest BCUT2D eigenvalue weighted by Gasteiger charge is 2.14. The molecule has 0 saturated heterocycles. The lowest BCUT2D eigenvalue weighted by atomic mass is 10.2. The summed E-state index contributed by atoms with van der Waals surface area (Å²) in [5, 5.41) is 13.2. The number of carbonyl (C=O) groups is 2. The van der Waals surface area contributed by atoms with Gasteiger partial charge in [-0.1, -0.05) is 6.07 Å². The third kappa shape index (κ3) is 4.86. The van der Waals surface area contributed by atoms with Gasteiger partial charge in [0.2, 0.25) is 0 Å². The maximum Gasteiger partial charge on any atom is 0.317 e. The van der Waals surface area contributed by atoms with Crippen LogP contribution >= 0.6 is 11.3 Å². The van der Waals surface area contributed by atoms with Gasteiger partial charge in [0.05, 0.1) is 13.0 Å². The Labute approximate surface area is 104 Å². The summed E-state index contributed by atoms with van der Waals surface area (Å²) in [7, 11) is 1.68. The highest BCUT2D eigenvalue weighted by molar-refractivity contribution is 7.09. The topological polar surface area (TPSA) is 69.6 Å². The summed E-state index contributed by atoms with van der Waals surface area (Å²) in [6.07, 6.45) is -0.0709. The summed E-state index contributed by atoms with van der Waals surface area (Å²) in [6.45, 7) is 2.20. The molecule has 0 radical (unpaired) electrons. The lowest BCUT2D eigenvalue weighted by molar-refractivity contribution is -0.137. The molecule has 5 nitrogen and oxygen atoms in total. The second-order valence-electron chi connectivity index (χ2n) is 3.88. The van der Waals surface area contributed by atoms with Gasteiger partial charge in [0.25, 0.3) is 0 Å². The molecule has 94 valence electrons. The number of amides is 2. The van der Waals surface area contributed by atoms with Crippen LogP contribution in [0.15, 0.2) is 17.5 Å². The number of nitrogens with one attached hydrogen (secondary N) is 1. The first-order chi connectivity index (χ1) is 7.99. The zero-order chi connectivity index (χ0) is 12.8. The summed E-state index contributed by atoms with van der Waals surface area (Å²) >= 11 is 1.58. The van der Waals surface area contributed by atoms with Crippen LogP contribution in [0.4, 0.5) is 4.79 Å². The Balaban J connectivity index is 2.39. The molecule has 0 spiro atoms. The van der Waals surface area contributed by atoms with Crippen molar-refractivity contribution in [1.29, 1.82) is 0 Å². The Morgan fingerprint density at radius 2 is 2.29 bits per heavy atom. The molecule has 0 bridgehead atoms. The van der Waals surface area contributed by atoms with Gasteiger partial charge < -0.3 is 15.3 Å². The Morgan fingerprint density at radius 1 is 1.59 bits per heavy atom. The average Bonchev–Trinajstić information content (AvgIpc) is 2.68. The van der Waals surface area contributed by atoms with E-state index in [0.717, 1.165) is 4.88 Å². The van der Waals surface area contributed by atoms with Crippen molar-refractivity contribution in [3.8, 4) is 0 Å². The van der Waals surface area contributed by atoms with Crippen molar-refractivity contribution in [3.63, 3.8) is 0 Å². The van der Waals surface area contributed by atoms with Crippen molar-refractivity contribution in [2.75, 3.05) is 7.05 Å². The van der Waals surface area contributed by atoms with Crippen LogP contribution in [0.2, 0.25) is 0 Å². The van der Waals surface area contributed by atoms with E-state index in [2.05, 4.69) is 5.32 Å². The number of rotatable bonds is 5. The maximum atomic E-state index is 11.7. The molecule has 0 saturated carbocycles. The molecule has 1 heterocycles. The summed E-state index contributed by atoms with van der Waals surface area (Å²) in [5.41, 5.74) is 0. The van der Waals surface area contributed by atoms with E-state index in [1.165, 1.54) is 4.90 Å². The lowest BCUT2D eigenvalue weighted by Gasteiger charge is -2.20. The first-order valence-electron chi connectivity index (χ1n) is 5.25. The number of hydrogen-bond acceptors (Lipinski definition) is 3. The fourth-order valence-corrected chi connectivity index (χ4v) is 2.10. The van der Waals surface area contributed by atoms with Crippen LogP contribution in [-0.4, -0.2) is 35.1 Å². The smallest absolute Gasteiger partial charge is 0.317 e. The summed E-state index contributed by atoms with van der Waals surface area (Å²) in [4.78, 5) is 24.8. The SMILES string of the molecule is CC(CC(=O)O)NC(=O)N(C)Cc1cccs1. The van der Waals surface area contributed by atoms with Gasteiger partial charge in [-0.3, -0.25) is 4.79 Å². The fraction of sp³-hybridized carbons (Fsp3) is 0.455. The van der Waals surface area contributed by atoms with E-state index < -0.39 is 5.97 Å². The molecule has 0 aliphatic heterocycles. The third-order valence-electron chi connectivity index (χ3n) is 2.17. The predicted octanol–water partition coefficient (Wildman–Crippen LogP) is 1.75. The van der Waals surface area contributed by atoms with Crippen molar-refractivity contribution in [3.05, 3.63) is 22.4 Å². The number of carbonyl (C=O) groups excluding carboxylic acids is 1. The number of thiophene rings is 1. The highest BCUT2D eigenvalue weighted by Crippen LogP contribution is 2.10. The van der Waals surface area contributed by atoms with Crippen molar-refractivity contribution in [2.24, 2.45) is 0 Å². The van der Waals surface area contributed by atoms with Crippen LogP contribution in [0.25, 0.3) is 0 Å². The van der Waals surface area contributed by atoms with E-state index in [1.807, 2.05) is 17.5 Å². The number of carboxylic acids is 1. The van der Waals surface area contributed by atoms with Crippen LogP contribution in [0, 0.1) is 0 Å². The molecule has 1 aromatic heterocycles. The van der Waals surface area contributed by atoms with Crippen molar-refractivity contribution < 1.29 is 14.7 Å². The molecule has 1 aromatic rings. The normalized spacial score (nSPS) is 11.9. The number of carboxylic acid groups (broad SMARTS) is 1. The highest BCUT2D eigenvalue weighted by atomic mass is 32.1. The molecule has 1 unspecified atom stereocenters. The van der Waals surface area contributed by atoms with E-state index in [-0.39, 0.29) is 18.5 Å². The molecule has 0 aliphatic carbocycles.